The van der Waals surface area contributed by atoms with Crippen molar-refractivity contribution in [1.29, 1.82) is 0 Å². The van der Waals surface area contributed by atoms with Crippen molar-refractivity contribution in [2.75, 3.05) is 18.4 Å². The van der Waals surface area contributed by atoms with E-state index in [0.717, 1.165) is 0 Å². The number of carbonyl (C=O) groups excluding carboxylic acids is 2. The number of halogens is 2. The molecule has 0 bridgehead atoms. The molecule has 0 radical (unpaired) electrons. The van der Waals surface area contributed by atoms with E-state index >= 15 is 0 Å². The van der Waals surface area contributed by atoms with Gasteiger partial charge in [0.15, 0.2) is 0 Å². The number of nitrogens with zero attached hydrogens (tertiary/aromatic N) is 1. The quantitative estimate of drug-likeness (QED) is 0.593. The predicted molar refractivity (Wildman–Crippen MR) is 126 cm³/mol. The lowest BCUT2D eigenvalue weighted by Crippen LogP contribution is -2.46. The zero-order valence-corrected chi connectivity index (χ0v) is 19.7. The Hall–Kier alpha value is -2.39. The molecule has 0 aromatic heterocycles. The fraction of sp³-hybridized carbons (Fsp3) is 0.273. The summed E-state index contributed by atoms with van der Waals surface area (Å²) in [5, 5.41) is 6.47. The minimum atomic E-state index is -3.64. The number of amides is 2. The smallest absolute Gasteiger partial charge is 0.244 e. The van der Waals surface area contributed by atoms with Crippen LogP contribution in [0.15, 0.2) is 53.4 Å². The van der Waals surface area contributed by atoms with Crippen molar-refractivity contribution < 1.29 is 18.0 Å². The molecule has 7 nitrogen and oxygen atoms in total. The van der Waals surface area contributed by atoms with Gasteiger partial charge in [0, 0.05) is 47.9 Å². The maximum absolute atomic E-state index is 12.9. The second-order valence-electron chi connectivity index (χ2n) is 7.43. The van der Waals surface area contributed by atoms with E-state index in [4.69, 9.17) is 23.2 Å². The third-order valence-electron chi connectivity index (χ3n) is 4.92. The number of benzene rings is 2. The lowest BCUT2D eigenvalue weighted by Gasteiger charge is -2.31. The van der Waals surface area contributed by atoms with Crippen LogP contribution in [0, 0.1) is 0 Å². The summed E-state index contributed by atoms with van der Waals surface area (Å²) in [7, 11) is -3.64. The average Bonchev–Trinajstić information content (AvgIpc) is 2.72. The van der Waals surface area contributed by atoms with Crippen molar-refractivity contribution in [3.8, 4) is 0 Å². The Morgan fingerprint density at radius 2 is 1.62 bits per heavy atom. The van der Waals surface area contributed by atoms with Crippen LogP contribution in [-0.2, 0) is 19.6 Å². The van der Waals surface area contributed by atoms with Gasteiger partial charge in [-0.2, -0.15) is 4.31 Å². The molecule has 170 valence electrons. The van der Waals surface area contributed by atoms with E-state index in [1.165, 1.54) is 29.4 Å². The molecule has 1 aliphatic heterocycles. The van der Waals surface area contributed by atoms with Gasteiger partial charge < -0.3 is 10.6 Å². The van der Waals surface area contributed by atoms with Crippen LogP contribution in [-0.4, -0.2) is 43.7 Å². The average molecular weight is 496 g/mol. The lowest BCUT2D eigenvalue weighted by atomic mass is 10.1. The van der Waals surface area contributed by atoms with Crippen molar-refractivity contribution >= 4 is 56.8 Å². The maximum atomic E-state index is 12.9. The molecule has 2 N–H and O–H groups in total. The molecule has 2 amide bonds. The van der Waals surface area contributed by atoms with Crippen LogP contribution in [0.25, 0.3) is 6.08 Å². The molecule has 10 heteroatoms. The molecule has 1 saturated heterocycles. The van der Waals surface area contributed by atoms with Crippen LogP contribution < -0.4 is 10.6 Å². The van der Waals surface area contributed by atoms with E-state index in [1.807, 2.05) is 0 Å². The first-order valence-corrected chi connectivity index (χ1v) is 12.2. The minimum Gasteiger partial charge on any atom is -0.350 e. The summed E-state index contributed by atoms with van der Waals surface area (Å²) in [5.74, 6) is -0.494. The first-order valence-electron chi connectivity index (χ1n) is 9.96. The predicted octanol–water partition coefficient (Wildman–Crippen LogP) is 3.93. The molecular weight excluding hydrogens is 473 g/mol. The number of rotatable bonds is 6. The molecule has 1 aliphatic rings. The standard InChI is InChI=1S/C22H23Cl2N3O4S/c1-15(28)25-19-3-5-21(6-4-19)32(30,31)27-10-8-20(9-11-27)26-22(29)7-2-16-12-17(23)14-18(24)13-16/h2-7,12-14,20H,8-11H2,1H3,(H,25,28)(H,26,29)/b7-2+. The molecule has 0 saturated carbocycles. The number of piperidine rings is 1. The van der Waals surface area contributed by atoms with Gasteiger partial charge in [-0.1, -0.05) is 23.2 Å². The Bertz CT molecular complexity index is 1110. The van der Waals surface area contributed by atoms with E-state index < -0.39 is 10.0 Å². The van der Waals surface area contributed by atoms with Gasteiger partial charge in [0.1, 0.15) is 0 Å². The van der Waals surface area contributed by atoms with Gasteiger partial charge in [0.2, 0.25) is 21.8 Å². The Balaban J connectivity index is 1.54. The van der Waals surface area contributed by atoms with Crippen LogP contribution in [0.5, 0.6) is 0 Å². The molecule has 1 fully saturated rings. The van der Waals surface area contributed by atoms with Crippen LogP contribution in [0.3, 0.4) is 0 Å². The summed E-state index contributed by atoms with van der Waals surface area (Å²) in [5.41, 5.74) is 1.24. The Morgan fingerprint density at radius 3 is 2.19 bits per heavy atom. The van der Waals surface area contributed by atoms with Crippen molar-refractivity contribution in [3.05, 3.63) is 64.1 Å². The second-order valence-corrected chi connectivity index (χ2v) is 10.2. The highest BCUT2D eigenvalue weighted by molar-refractivity contribution is 7.89. The van der Waals surface area contributed by atoms with E-state index in [2.05, 4.69) is 10.6 Å². The molecule has 1 heterocycles. The Labute approximate surface area is 197 Å². The van der Waals surface area contributed by atoms with Gasteiger partial charge in [0.25, 0.3) is 0 Å². The third-order valence-corrected chi connectivity index (χ3v) is 7.27. The number of nitrogens with one attached hydrogen (secondary N) is 2. The van der Waals surface area contributed by atoms with Crippen LogP contribution in [0.2, 0.25) is 10.0 Å². The topological polar surface area (TPSA) is 95.6 Å². The fourth-order valence-corrected chi connectivity index (χ4v) is 5.41. The van der Waals surface area contributed by atoms with E-state index in [-0.39, 0.29) is 22.8 Å². The number of hydrogen-bond donors (Lipinski definition) is 2. The molecular formula is C22H23Cl2N3O4S. The largest absolute Gasteiger partial charge is 0.350 e. The monoisotopic (exact) mass is 495 g/mol. The summed E-state index contributed by atoms with van der Waals surface area (Å²) in [6.45, 7) is 1.99. The van der Waals surface area contributed by atoms with Gasteiger partial charge in [-0.3, -0.25) is 9.59 Å². The molecule has 0 spiro atoms. The van der Waals surface area contributed by atoms with Crippen molar-refractivity contribution in [3.63, 3.8) is 0 Å². The molecule has 0 unspecified atom stereocenters. The number of carbonyl (C=O) groups is 2. The highest BCUT2D eigenvalue weighted by Crippen LogP contribution is 2.23. The molecule has 3 rings (SSSR count). The SMILES string of the molecule is CC(=O)Nc1ccc(S(=O)(=O)N2CCC(NC(=O)/C=C/c3cc(Cl)cc(Cl)c3)CC2)cc1. The van der Waals surface area contributed by atoms with Gasteiger partial charge in [-0.25, -0.2) is 8.42 Å². The van der Waals surface area contributed by atoms with Gasteiger partial charge >= 0.3 is 0 Å². The van der Waals surface area contributed by atoms with Gasteiger partial charge in [-0.15, -0.1) is 0 Å². The summed E-state index contributed by atoms with van der Waals surface area (Å²) in [6.07, 6.45) is 4.04. The number of anilines is 1. The third kappa shape index (κ3) is 6.56. The number of sulfonamides is 1. The van der Waals surface area contributed by atoms with E-state index in [0.29, 0.717) is 47.2 Å². The Morgan fingerprint density at radius 1 is 1.03 bits per heavy atom. The molecule has 32 heavy (non-hydrogen) atoms. The Kier molecular flexibility index (Phi) is 7.95. The van der Waals surface area contributed by atoms with Crippen molar-refractivity contribution in [2.45, 2.75) is 30.7 Å². The van der Waals surface area contributed by atoms with Crippen molar-refractivity contribution in [1.82, 2.24) is 9.62 Å². The minimum absolute atomic E-state index is 0.122. The number of hydrogen-bond acceptors (Lipinski definition) is 4. The maximum Gasteiger partial charge on any atom is 0.244 e. The van der Waals surface area contributed by atoms with Gasteiger partial charge in [0.05, 0.1) is 4.90 Å². The van der Waals surface area contributed by atoms with Crippen LogP contribution in [0.4, 0.5) is 5.69 Å². The van der Waals surface area contributed by atoms with E-state index in [9.17, 15) is 18.0 Å². The normalized spacial score (nSPS) is 15.6. The summed E-state index contributed by atoms with van der Waals surface area (Å²) >= 11 is 11.9. The van der Waals surface area contributed by atoms with Crippen LogP contribution >= 0.6 is 23.2 Å². The fourth-order valence-electron chi connectivity index (χ4n) is 3.40. The van der Waals surface area contributed by atoms with Crippen LogP contribution in [0.1, 0.15) is 25.3 Å². The van der Waals surface area contributed by atoms with E-state index in [1.54, 1.807) is 36.4 Å². The molecule has 0 atom stereocenters. The first-order chi connectivity index (χ1) is 15.1. The zero-order valence-electron chi connectivity index (χ0n) is 17.3. The zero-order chi connectivity index (χ0) is 23.3. The molecule has 2 aromatic carbocycles. The summed E-state index contributed by atoms with van der Waals surface area (Å²) in [4.78, 5) is 23.5. The first kappa shape index (κ1) is 24.3. The molecule has 2 aromatic rings. The summed E-state index contributed by atoms with van der Waals surface area (Å²) < 4.78 is 27.2. The molecule has 0 aliphatic carbocycles. The lowest BCUT2D eigenvalue weighted by molar-refractivity contribution is -0.117. The van der Waals surface area contributed by atoms with Crippen molar-refractivity contribution in [2.24, 2.45) is 0 Å². The van der Waals surface area contributed by atoms with Gasteiger partial charge in [-0.05, 0) is 66.9 Å². The highest BCUT2D eigenvalue weighted by Gasteiger charge is 2.29. The summed E-state index contributed by atoms with van der Waals surface area (Å²) in [6, 6.07) is 10.9. The second kappa shape index (κ2) is 10.5. The highest BCUT2D eigenvalue weighted by atomic mass is 35.5.